The summed E-state index contributed by atoms with van der Waals surface area (Å²) >= 11 is 1.55. The molecule has 152 valence electrons. The lowest BCUT2D eigenvalue weighted by molar-refractivity contribution is 0.0901. The Morgan fingerprint density at radius 3 is 2.62 bits per heavy atom. The summed E-state index contributed by atoms with van der Waals surface area (Å²) < 4.78 is 5.75. The van der Waals surface area contributed by atoms with Crippen LogP contribution in [0.3, 0.4) is 0 Å². The molecule has 1 unspecified atom stereocenters. The van der Waals surface area contributed by atoms with Crippen molar-refractivity contribution in [1.29, 1.82) is 0 Å². The first kappa shape index (κ1) is 19.8. The number of carbonyl (C=O) groups is 1. The Morgan fingerprint density at radius 2 is 1.93 bits per heavy atom. The van der Waals surface area contributed by atoms with Crippen LogP contribution in [0.5, 0.6) is 0 Å². The van der Waals surface area contributed by atoms with Gasteiger partial charge in [-0.3, -0.25) is 9.69 Å². The van der Waals surface area contributed by atoms with Gasteiger partial charge in [0, 0.05) is 32.7 Å². The molecule has 0 spiro atoms. The Balaban J connectivity index is 1.52. The summed E-state index contributed by atoms with van der Waals surface area (Å²) in [5, 5.41) is 5.16. The number of nitrogens with one attached hydrogen (secondary N) is 1. The zero-order chi connectivity index (χ0) is 20.2. The minimum Gasteiger partial charge on any atom is -0.440 e. The molecule has 6 nitrogen and oxygen atoms in total. The fourth-order valence-corrected chi connectivity index (χ4v) is 4.20. The van der Waals surface area contributed by atoms with Crippen molar-refractivity contribution in [2.45, 2.75) is 13.0 Å². The smallest absolute Gasteiger partial charge is 0.274 e. The van der Waals surface area contributed by atoms with E-state index in [0.717, 1.165) is 43.2 Å². The number of carbonyl (C=O) groups excluding carboxylic acids is 1. The number of aryl methyl sites for hydroxylation is 1. The van der Waals surface area contributed by atoms with Crippen molar-refractivity contribution in [3.8, 4) is 10.8 Å². The number of nitrogens with zero attached hydrogens (tertiary/aromatic N) is 3. The fourth-order valence-electron chi connectivity index (χ4n) is 3.55. The molecule has 3 heterocycles. The van der Waals surface area contributed by atoms with Gasteiger partial charge in [-0.25, -0.2) is 4.98 Å². The summed E-state index contributed by atoms with van der Waals surface area (Å²) in [6, 6.07) is 13.9. The molecule has 7 heteroatoms. The van der Waals surface area contributed by atoms with E-state index in [1.807, 2.05) is 35.7 Å². The van der Waals surface area contributed by atoms with Crippen molar-refractivity contribution in [2.75, 3.05) is 39.8 Å². The highest BCUT2D eigenvalue weighted by atomic mass is 32.1. The first-order chi connectivity index (χ1) is 14.1. The summed E-state index contributed by atoms with van der Waals surface area (Å²) in [5.41, 5.74) is 1.45. The summed E-state index contributed by atoms with van der Waals surface area (Å²) in [7, 11) is 2.15. The third-order valence-corrected chi connectivity index (χ3v) is 6.15. The number of likely N-dealkylation sites (N-methyl/N-ethyl adjacent to an activating group) is 1. The number of benzene rings is 1. The van der Waals surface area contributed by atoms with Gasteiger partial charge in [-0.05, 0) is 31.0 Å². The molecule has 1 aliphatic rings. The molecule has 0 saturated carbocycles. The maximum absolute atomic E-state index is 13.1. The predicted molar refractivity (Wildman–Crippen MR) is 115 cm³/mol. The molecule has 1 aromatic carbocycles. The van der Waals surface area contributed by atoms with Gasteiger partial charge in [0.15, 0.2) is 5.69 Å². The highest BCUT2D eigenvalue weighted by Gasteiger charge is 2.25. The number of aromatic nitrogens is 1. The van der Waals surface area contributed by atoms with Crippen LogP contribution in [0.2, 0.25) is 0 Å². The van der Waals surface area contributed by atoms with Gasteiger partial charge in [-0.1, -0.05) is 36.4 Å². The van der Waals surface area contributed by atoms with Crippen LogP contribution >= 0.6 is 11.3 Å². The van der Waals surface area contributed by atoms with Crippen molar-refractivity contribution in [2.24, 2.45) is 0 Å². The van der Waals surface area contributed by atoms with E-state index in [1.165, 1.54) is 0 Å². The number of amides is 1. The van der Waals surface area contributed by atoms with E-state index in [2.05, 4.69) is 39.3 Å². The average Bonchev–Trinajstić information content (AvgIpc) is 3.39. The van der Waals surface area contributed by atoms with Gasteiger partial charge in [0.25, 0.3) is 5.91 Å². The zero-order valence-electron chi connectivity index (χ0n) is 16.8. The predicted octanol–water partition coefficient (Wildman–Crippen LogP) is 3.43. The van der Waals surface area contributed by atoms with Crippen LogP contribution in [-0.4, -0.2) is 60.5 Å². The van der Waals surface area contributed by atoms with E-state index in [4.69, 9.17) is 4.42 Å². The molecule has 29 heavy (non-hydrogen) atoms. The Labute approximate surface area is 175 Å². The van der Waals surface area contributed by atoms with Crippen LogP contribution in [0.4, 0.5) is 0 Å². The molecule has 4 rings (SSSR count). The van der Waals surface area contributed by atoms with E-state index in [9.17, 15) is 4.79 Å². The minimum absolute atomic E-state index is 0.103. The van der Waals surface area contributed by atoms with Crippen molar-refractivity contribution < 1.29 is 9.21 Å². The molecule has 0 aliphatic carbocycles. The van der Waals surface area contributed by atoms with Gasteiger partial charge in [-0.15, -0.1) is 11.3 Å². The standard InChI is InChI=1S/C22H26N4O2S/c1-16-20(24-22(28-16)19-9-6-14-29-19)21(27)23-18(17-7-4-3-5-8-17)15-26-12-10-25(2)11-13-26/h3-9,14,18H,10-13,15H2,1-2H3,(H,23,27). The topological polar surface area (TPSA) is 61.6 Å². The van der Waals surface area contributed by atoms with Gasteiger partial charge in [0.2, 0.25) is 5.89 Å². The largest absolute Gasteiger partial charge is 0.440 e. The molecule has 1 N–H and O–H groups in total. The van der Waals surface area contributed by atoms with Crippen LogP contribution < -0.4 is 5.32 Å². The fraction of sp³-hybridized carbons (Fsp3) is 0.364. The van der Waals surface area contributed by atoms with Crippen LogP contribution in [0.15, 0.2) is 52.3 Å². The van der Waals surface area contributed by atoms with Crippen molar-refractivity contribution in [3.63, 3.8) is 0 Å². The van der Waals surface area contributed by atoms with Crippen LogP contribution in [-0.2, 0) is 0 Å². The van der Waals surface area contributed by atoms with E-state index >= 15 is 0 Å². The number of piperazine rings is 1. The van der Waals surface area contributed by atoms with Crippen molar-refractivity contribution in [3.05, 3.63) is 64.9 Å². The number of rotatable bonds is 6. The molecule has 0 radical (unpaired) electrons. The maximum Gasteiger partial charge on any atom is 0.274 e. The Hall–Kier alpha value is -2.48. The Kier molecular flexibility index (Phi) is 6.08. The molecule has 1 amide bonds. The number of oxazole rings is 1. The molecule has 2 aromatic heterocycles. The summed E-state index contributed by atoms with van der Waals surface area (Å²) in [5.74, 6) is 0.840. The lowest BCUT2D eigenvalue weighted by atomic mass is 10.1. The van der Waals surface area contributed by atoms with Gasteiger partial charge in [-0.2, -0.15) is 0 Å². The quantitative estimate of drug-likeness (QED) is 0.675. The second kappa shape index (κ2) is 8.90. The van der Waals surface area contributed by atoms with Gasteiger partial charge < -0.3 is 14.6 Å². The number of hydrogen-bond donors (Lipinski definition) is 1. The molecule has 0 bridgehead atoms. The molecule has 1 saturated heterocycles. The average molecular weight is 411 g/mol. The van der Waals surface area contributed by atoms with Crippen LogP contribution in [0.1, 0.15) is 27.9 Å². The maximum atomic E-state index is 13.1. The van der Waals surface area contributed by atoms with Crippen molar-refractivity contribution >= 4 is 17.2 Å². The Bertz CT molecular complexity index is 931. The Morgan fingerprint density at radius 1 is 1.17 bits per heavy atom. The van der Waals surface area contributed by atoms with E-state index in [1.54, 1.807) is 18.3 Å². The first-order valence-corrected chi connectivity index (χ1v) is 10.8. The van der Waals surface area contributed by atoms with Gasteiger partial charge in [0.1, 0.15) is 5.76 Å². The molecular weight excluding hydrogens is 384 g/mol. The van der Waals surface area contributed by atoms with E-state index in [0.29, 0.717) is 17.3 Å². The summed E-state index contributed by atoms with van der Waals surface area (Å²) in [6.45, 7) is 6.65. The normalized spacial score (nSPS) is 16.6. The molecule has 1 atom stereocenters. The van der Waals surface area contributed by atoms with Gasteiger partial charge >= 0.3 is 0 Å². The lowest BCUT2D eigenvalue weighted by Gasteiger charge is -2.35. The second-order valence-electron chi connectivity index (χ2n) is 7.44. The van der Waals surface area contributed by atoms with E-state index in [-0.39, 0.29) is 11.9 Å². The van der Waals surface area contributed by atoms with E-state index < -0.39 is 0 Å². The summed E-state index contributed by atoms with van der Waals surface area (Å²) in [6.07, 6.45) is 0. The monoisotopic (exact) mass is 410 g/mol. The van der Waals surface area contributed by atoms with Crippen LogP contribution in [0.25, 0.3) is 10.8 Å². The zero-order valence-corrected chi connectivity index (χ0v) is 17.6. The highest BCUT2D eigenvalue weighted by Crippen LogP contribution is 2.26. The molecular formula is C22H26N4O2S. The highest BCUT2D eigenvalue weighted by molar-refractivity contribution is 7.13. The first-order valence-electron chi connectivity index (χ1n) is 9.88. The molecule has 1 fully saturated rings. The number of hydrogen-bond acceptors (Lipinski definition) is 6. The molecule has 1 aliphatic heterocycles. The van der Waals surface area contributed by atoms with Crippen molar-refractivity contribution in [1.82, 2.24) is 20.1 Å². The lowest BCUT2D eigenvalue weighted by Crippen LogP contribution is -2.47. The third-order valence-electron chi connectivity index (χ3n) is 5.29. The van der Waals surface area contributed by atoms with Crippen LogP contribution in [0, 0.1) is 6.92 Å². The van der Waals surface area contributed by atoms with Gasteiger partial charge in [0.05, 0.1) is 10.9 Å². The number of thiophene rings is 1. The third kappa shape index (κ3) is 4.75. The summed E-state index contributed by atoms with van der Waals surface area (Å²) in [4.78, 5) is 23.2. The minimum atomic E-state index is -0.197. The SMILES string of the molecule is Cc1oc(-c2cccs2)nc1C(=O)NC(CN1CCN(C)CC1)c1ccccc1. The molecule has 3 aromatic rings. The second-order valence-corrected chi connectivity index (χ2v) is 8.39.